The first-order valence-electron chi connectivity index (χ1n) is 14.6. The number of carbonyl (C=O) groups excluding carboxylic acids is 2. The van der Waals surface area contributed by atoms with Crippen LogP contribution in [0.5, 0.6) is 0 Å². The van der Waals surface area contributed by atoms with Crippen LogP contribution in [-0.4, -0.2) is 44.3 Å². The number of likely N-dealkylation sites (N-methyl/N-ethyl adjacent to an activating group) is 1. The van der Waals surface area contributed by atoms with Gasteiger partial charge in [-0.3, -0.25) is 13.9 Å². The van der Waals surface area contributed by atoms with Crippen molar-refractivity contribution in [3.05, 3.63) is 129 Å². The van der Waals surface area contributed by atoms with Gasteiger partial charge in [-0.05, 0) is 80.8 Å². The number of halogens is 2. The minimum Gasteiger partial charge on any atom is -0.355 e. The fraction of sp³-hybridized carbons (Fsp3) is 0.257. The molecule has 0 bridgehead atoms. The maximum absolute atomic E-state index is 14.5. The summed E-state index contributed by atoms with van der Waals surface area (Å²) in [5.41, 5.74) is 4.20. The molecule has 10 heteroatoms. The number of sulfonamides is 1. The van der Waals surface area contributed by atoms with E-state index in [1.165, 1.54) is 17.0 Å². The molecule has 2 amide bonds. The zero-order valence-corrected chi connectivity index (χ0v) is 28.1. The topological polar surface area (TPSA) is 86.8 Å². The SMILES string of the molecule is CCNC(=O)[C@H](Cc1ccccc1)N(Cc1c(Cl)cccc1Cl)C(=O)CN(c1cc(C)cc(C)c1)S(=O)(=O)c1ccc(C)cc1. The van der Waals surface area contributed by atoms with Gasteiger partial charge >= 0.3 is 0 Å². The second-order valence-corrected chi connectivity index (χ2v) is 13.7. The first-order valence-corrected chi connectivity index (χ1v) is 16.8. The van der Waals surface area contributed by atoms with Crippen molar-refractivity contribution in [3.63, 3.8) is 0 Å². The van der Waals surface area contributed by atoms with Gasteiger partial charge in [0.25, 0.3) is 10.0 Å². The first kappa shape index (κ1) is 34.0. The maximum Gasteiger partial charge on any atom is 0.264 e. The third-order valence-corrected chi connectivity index (χ3v) is 9.89. The van der Waals surface area contributed by atoms with Gasteiger partial charge in [0.2, 0.25) is 11.8 Å². The molecular formula is C35H37Cl2N3O4S. The molecule has 4 rings (SSSR count). The highest BCUT2D eigenvalue weighted by atomic mass is 35.5. The van der Waals surface area contributed by atoms with E-state index in [-0.39, 0.29) is 23.8 Å². The summed E-state index contributed by atoms with van der Waals surface area (Å²) in [6, 6.07) is 25.2. The van der Waals surface area contributed by atoms with Gasteiger partial charge in [0.1, 0.15) is 12.6 Å². The zero-order valence-electron chi connectivity index (χ0n) is 25.8. The second kappa shape index (κ2) is 15.0. The summed E-state index contributed by atoms with van der Waals surface area (Å²) in [4.78, 5) is 29.6. The molecule has 4 aromatic rings. The Balaban J connectivity index is 1.85. The molecule has 0 unspecified atom stereocenters. The normalized spacial score (nSPS) is 12.0. The number of nitrogens with zero attached hydrogens (tertiary/aromatic N) is 2. The number of amides is 2. The second-order valence-electron chi connectivity index (χ2n) is 11.0. The van der Waals surface area contributed by atoms with Gasteiger partial charge in [-0.15, -0.1) is 0 Å². The van der Waals surface area contributed by atoms with E-state index in [1.807, 2.05) is 57.2 Å². The lowest BCUT2D eigenvalue weighted by molar-refractivity contribution is -0.140. The summed E-state index contributed by atoms with van der Waals surface area (Å²) in [6.45, 7) is 7.06. The lowest BCUT2D eigenvalue weighted by atomic mass is 10.0. The van der Waals surface area contributed by atoms with Gasteiger partial charge < -0.3 is 10.2 Å². The van der Waals surface area contributed by atoms with Crippen molar-refractivity contribution in [2.24, 2.45) is 0 Å². The third kappa shape index (κ3) is 8.45. The van der Waals surface area contributed by atoms with E-state index in [0.717, 1.165) is 26.6 Å². The van der Waals surface area contributed by atoms with E-state index >= 15 is 0 Å². The Kier molecular flexibility index (Phi) is 11.3. The molecule has 0 aliphatic heterocycles. The average Bonchev–Trinajstić information content (AvgIpc) is 2.99. The summed E-state index contributed by atoms with van der Waals surface area (Å²) < 4.78 is 29.6. The van der Waals surface area contributed by atoms with Crippen LogP contribution >= 0.6 is 23.2 Å². The predicted molar refractivity (Wildman–Crippen MR) is 181 cm³/mol. The smallest absolute Gasteiger partial charge is 0.264 e. The number of anilines is 1. The van der Waals surface area contributed by atoms with Crippen LogP contribution in [-0.2, 0) is 32.6 Å². The van der Waals surface area contributed by atoms with Crippen LogP contribution < -0.4 is 9.62 Å². The summed E-state index contributed by atoms with van der Waals surface area (Å²) in [7, 11) is -4.20. The van der Waals surface area contributed by atoms with E-state index in [9.17, 15) is 18.0 Å². The summed E-state index contributed by atoms with van der Waals surface area (Å²) in [6.07, 6.45) is 0.189. The van der Waals surface area contributed by atoms with Gasteiger partial charge in [-0.2, -0.15) is 0 Å². The number of benzene rings is 4. The molecule has 0 fully saturated rings. The molecule has 7 nitrogen and oxygen atoms in total. The van der Waals surface area contributed by atoms with Crippen LogP contribution in [0.3, 0.4) is 0 Å². The van der Waals surface area contributed by atoms with E-state index in [2.05, 4.69) is 5.32 Å². The van der Waals surface area contributed by atoms with Crippen molar-refractivity contribution in [3.8, 4) is 0 Å². The lowest BCUT2D eigenvalue weighted by Gasteiger charge is -2.34. The van der Waals surface area contributed by atoms with Crippen LogP contribution in [0.25, 0.3) is 0 Å². The minimum atomic E-state index is -4.20. The molecule has 0 spiro atoms. The average molecular weight is 667 g/mol. The Labute approximate surface area is 275 Å². The summed E-state index contributed by atoms with van der Waals surface area (Å²) in [5.74, 6) is -0.967. The molecular weight excluding hydrogens is 629 g/mol. The van der Waals surface area contributed by atoms with Crippen LogP contribution in [0.15, 0.2) is 95.9 Å². The summed E-state index contributed by atoms with van der Waals surface area (Å²) >= 11 is 13.1. The molecule has 45 heavy (non-hydrogen) atoms. The van der Waals surface area contributed by atoms with Gasteiger partial charge in [0, 0.05) is 35.1 Å². The number of aryl methyl sites for hydroxylation is 3. The Morgan fingerprint density at radius 2 is 1.40 bits per heavy atom. The van der Waals surface area contributed by atoms with Crippen LogP contribution in [0.4, 0.5) is 5.69 Å². The number of carbonyl (C=O) groups is 2. The van der Waals surface area contributed by atoms with Gasteiger partial charge in [0.05, 0.1) is 10.6 Å². The van der Waals surface area contributed by atoms with Crippen LogP contribution in [0.2, 0.25) is 10.0 Å². The number of nitrogens with one attached hydrogen (secondary N) is 1. The summed E-state index contributed by atoms with van der Waals surface area (Å²) in [5, 5.41) is 3.50. The minimum absolute atomic E-state index is 0.0466. The highest BCUT2D eigenvalue weighted by Crippen LogP contribution is 2.30. The molecule has 1 N–H and O–H groups in total. The lowest BCUT2D eigenvalue weighted by Crippen LogP contribution is -2.53. The highest BCUT2D eigenvalue weighted by Gasteiger charge is 2.35. The molecule has 0 aliphatic carbocycles. The molecule has 1 atom stereocenters. The van der Waals surface area contributed by atoms with Crippen LogP contribution in [0.1, 0.15) is 34.7 Å². The molecule has 0 saturated heterocycles. The van der Waals surface area contributed by atoms with E-state index in [1.54, 1.807) is 49.4 Å². The van der Waals surface area contributed by atoms with Gasteiger partial charge in [0.15, 0.2) is 0 Å². The zero-order chi connectivity index (χ0) is 32.7. The van der Waals surface area contributed by atoms with Crippen molar-refractivity contribution >= 4 is 50.7 Å². The Morgan fingerprint density at radius 3 is 1.98 bits per heavy atom. The van der Waals surface area contributed by atoms with Crippen molar-refractivity contribution in [1.29, 1.82) is 0 Å². The van der Waals surface area contributed by atoms with Gasteiger partial charge in [-0.1, -0.05) is 83.4 Å². The molecule has 0 heterocycles. The van der Waals surface area contributed by atoms with E-state index in [0.29, 0.717) is 27.8 Å². The molecule has 4 aromatic carbocycles. The fourth-order valence-electron chi connectivity index (χ4n) is 5.16. The maximum atomic E-state index is 14.5. The first-order chi connectivity index (χ1) is 21.4. The largest absolute Gasteiger partial charge is 0.355 e. The predicted octanol–water partition coefficient (Wildman–Crippen LogP) is 6.89. The quantitative estimate of drug-likeness (QED) is 0.179. The molecule has 0 aromatic heterocycles. The van der Waals surface area contributed by atoms with E-state index < -0.39 is 28.5 Å². The monoisotopic (exact) mass is 665 g/mol. The Bertz CT molecular complexity index is 1720. The Hall–Kier alpha value is -3.85. The fourth-order valence-corrected chi connectivity index (χ4v) is 7.08. The molecule has 0 aliphatic rings. The van der Waals surface area contributed by atoms with Crippen molar-refractivity contribution in [2.45, 2.75) is 51.6 Å². The van der Waals surface area contributed by atoms with Crippen molar-refractivity contribution in [1.82, 2.24) is 10.2 Å². The Morgan fingerprint density at radius 1 is 0.800 bits per heavy atom. The molecule has 236 valence electrons. The highest BCUT2D eigenvalue weighted by molar-refractivity contribution is 7.92. The van der Waals surface area contributed by atoms with E-state index in [4.69, 9.17) is 23.2 Å². The van der Waals surface area contributed by atoms with Crippen LogP contribution in [0, 0.1) is 20.8 Å². The number of hydrogen-bond acceptors (Lipinski definition) is 4. The van der Waals surface area contributed by atoms with Crippen molar-refractivity contribution in [2.75, 3.05) is 17.4 Å². The van der Waals surface area contributed by atoms with Gasteiger partial charge in [-0.25, -0.2) is 8.42 Å². The standard InChI is InChI=1S/C35H37Cl2N3O4S/c1-5-38-35(42)33(21-27-10-7-6-8-11-27)39(22-30-31(36)12-9-13-32(30)37)34(41)23-40(28-19-25(3)18-26(4)20-28)45(43,44)29-16-14-24(2)15-17-29/h6-20,33H,5,21-23H2,1-4H3,(H,38,42)/t33-/m0/s1. The molecule has 0 radical (unpaired) electrons. The number of hydrogen-bond donors (Lipinski definition) is 1. The third-order valence-electron chi connectivity index (χ3n) is 7.39. The molecule has 0 saturated carbocycles. The van der Waals surface area contributed by atoms with Crippen molar-refractivity contribution < 1.29 is 18.0 Å². The number of rotatable bonds is 12.